The number of carbonyl (C=O) groups is 1. The highest BCUT2D eigenvalue weighted by Crippen LogP contribution is 2.24. The summed E-state index contributed by atoms with van der Waals surface area (Å²) in [6, 6.07) is 6.72. The minimum Gasteiger partial charge on any atom is -0.354 e. The summed E-state index contributed by atoms with van der Waals surface area (Å²) in [5.41, 5.74) is 7.62. The average molecular weight is 297 g/mol. The van der Waals surface area contributed by atoms with Gasteiger partial charge in [-0.3, -0.25) is 4.79 Å². The van der Waals surface area contributed by atoms with E-state index >= 15 is 0 Å². The Balaban J connectivity index is 2.36. The maximum Gasteiger partial charge on any atom is 0.196 e. The lowest BCUT2D eigenvalue weighted by molar-refractivity contribution is 0.103. The molecule has 1 aromatic heterocycles. The van der Waals surface area contributed by atoms with Gasteiger partial charge in [0, 0.05) is 35.1 Å². The van der Waals surface area contributed by atoms with Crippen LogP contribution >= 0.6 is 23.2 Å². The van der Waals surface area contributed by atoms with Crippen molar-refractivity contribution in [1.82, 2.24) is 4.57 Å². The molecule has 0 spiro atoms. The van der Waals surface area contributed by atoms with Crippen LogP contribution in [-0.2, 0) is 13.5 Å². The molecule has 0 radical (unpaired) electrons. The van der Waals surface area contributed by atoms with Crippen molar-refractivity contribution in [2.24, 2.45) is 12.8 Å². The maximum atomic E-state index is 12.4. The van der Waals surface area contributed by atoms with E-state index < -0.39 is 0 Å². The van der Waals surface area contributed by atoms with E-state index in [1.807, 2.05) is 17.7 Å². The molecule has 3 nitrogen and oxygen atoms in total. The van der Waals surface area contributed by atoms with Gasteiger partial charge in [-0.2, -0.15) is 0 Å². The monoisotopic (exact) mass is 296 g/mol. The lowest BCUT2D eigenvalue weighted by Gasteiger charge is -2.02. The van der Waals surface area contributed by atoms with E-state index in [0.717, 1.165) is 12.1 Å². The first-order valence-corrected chi connectivity index (χ1v) is 6.63. The largest absolute Gasteiger partial charge is 0.354 e. The molecule has 0 saturated heterocycles. The van der Waals surface area contributed by atoms with Gasteiger partial charge >= 0.3 is 0 Å². The molecule has 0 unspecified atom stereocenters. The summed E-state index contributed by atoms with van der Waals surface area (Å²) in [6.07, 6.45) is 2.52. The quantitative estimate of drug-likeness (QED) is 0.882. The number of halogens is 2. The predicted molar refractivity (Wildman–Crippen MR) is 78.1 cm³/mol. The fourth-order valence-corrected chi connectivity index (χ4v) is 2.45. The highest BCUT2D eigenvalue weighted by molar-refractivity contribution is 6.37. The zero-order chi connectivity index (χ0) is 14.0. The Labute approximate surface area is 121 Å². The molecule has 0 aliphatic rings. The fourth-order valence-electron chi connectivity index (χ4n) is 1.96. The number of aromatic nitrogens is 1. The minimum atomic E-state index is -0.111. The molecule has 2 rings (SSSR count). The van der Waals surface area contributed by atoms with Crippen LogP contribution in [0.5, 0.6) is 0 Å². The molecule has 0 bridgehead atoms. The molecule has 1 heterocycles. The van der Waals surface area contributed by atoms with Crippen LogP contribution in [0.4, 0.5) is 0 Å². The van der Waals surface area contributed by atoms with Crippen molar-refractivity contribution in [3.63, 3.8) is 0 Å². The number of hydrogen-bond donors (Lipinski definition) is 1. The van der Waals surface area contributed by atoms with Crippen molar-refractivity contribution < 1.29 is 4.79 Å². The lowest BCUT2D eigenvalue weighted by atomic mass is 10.1. The summed E-state index contributed by atoms with van der Waals surface area (Å²) in [5, 5.41) is 0.875. The van der Waals surface area contributed by atoms with Gasteiger partial charge in [-0.1, -0.05) is 23.2 Å². The molecule has 0 amide bonds. The van der Waals surface area contributed by atoms with Crippen molar-refractivity contribution >= 4 is 29.0 Å². The van der Waals surface area contributed by atoms with Gasteiger partial charge in [-0.15, -0.1) is 0 Å². The van der Waals surface area contributed by atoms with Crippen molar-refractivity contribution in [1.29, 1.82) is 0 Å². The third kappa shape index (κ3) is 3.00. The Morgan fingerprint density at radius 2 is 2.05 bits per heavy atom. The molecule has 19 heavy (non-hydrogen) atoms. The fraction of sp³-hybridized carbons (Fsp3) is 0.214. The Bertz CT molecular complexity index is 620. The summed E-state index contributed by atoms with van der Waals surface area (Å²) in [5.74, 6) is -0.111. The average Bonchev–Trinajstić information content (AvgIpc) is 2.71. The Kier molecular flexibility index (Phi) is 4.30. The first-order chi connectivity index (χ1) is 9.02. The highest BCUT2D eigenvalue weighted by Gasteiger charge is 2.15. The third-order valence-electron chi connectivity index (χ3n) is 2.95. The SMILES string of the molecule is Cn1cc(C(=O)c2ccc(Cl)cc2Cl)cc1CCN. The van der Waals surface area contributed by atoms with Gasteiger partial charge in [0.15, 0.2) is 5.78 Å². The van der Waals surface area contributed by atoms with Crippen LogP contribution < -0.4 is 5.73 Å². The molecule has 0 fully saturated rings. The van der Waals surface area contributed by atoms with Gasteiger partial charge in [-0.25, -0.2) is 0 Å². The summed E-state index contributed by atoms with van der Waals surface area (Å²) in [4.78, 5) is 12.4. The number of aryl methyl sites for hydroxylation is 1. The summed E-state index contributed by atoms with van der Waals surface area (Å²) in [7, 11) is 1.89. The Hall–Kier alpha value is -1.29. The van der Waals surface area contributed by atoms with Crippen LogP contribution in [-0.4, -0.2) is 16.9 Å². The summed E-state index contributed by atoms with van der Waals surface area (Å²) < 4.78 is 1.91. The van der Waals surface area contributed by atoms with E-state index in [1.54, 1.807) is 24.4 Å². The number of ketones is 1. The van der Waals surface area contributed by atoms with Crippen LogP contribution in [0.3, 0.4) is 0 Å². The van der Waals surface area contributed by atoms with Crippen molar-refractivity contribution in [3.05, 3.63) is 57.3 Å². The summed E-state index contributed by atoms with van der Waals surface area (Å²) >= 11 is 11.9. The number of benzene rings is 1. The maximum absolute atomic E-state index is 12.4. The van der Waals surface area contributed by atoms with Crippen LogP contribution in [0.15, 0.2) is 30.5 Å². The molecule has 5 heteroatoms. The Morgan fingerprint density at radius 3 is 2.68 bits per heavy atom. The van der Waals surface area contributed by atoms with E-state index in [9.17, 15) is 4.79 Å². The smallest absolute Gasteiger partial charge is 0.196 e. The molecule has 100 valence electrons. The van der Waals surface area contributed by atoms with Gasteiger partial charge < -0.3 is 10.3 Å². The molecule has 0 aliphatic heterocycles. The van der Waals surface area contributed by atoms with Gasteiger partial charge in [0.1, 0.15) is 0 Å². The van der Waals surface area contributed by atoms with Gasteiger partial charge in [0.25, 0.3) is 0 Å². The van der Waals surface area contributed by atoms with Crippen LogP contribution in [0.2, 0.25) is 10.0 Å². The number of rotatable bonds is 4. The van der Waals surface area contributed by atoms with Gasteiger partial charge in [0.2, 0.25) is 0 Å². The molecule has 2 aromatic rings. The number of carbonyl (C=O) groups excluding carboxylic acids is 1. The standard InChI is InChI=1S/C14H14Cl2N2O/c1-18-8-9(6-11(18)4-5-17)14(19)12-3-2-10(15)7-13(12)16/h2-3,6-8H,4-5,17H2,1H3. The first-order valence-electron chi connectivity index (χ1n) is 5.88. The van der Waals surface area contributed by atoms with Crippen molar-refractivity contribution in [2.75, 3.05) is 6.54 Å². The normalized spacial score (nSPS) is 10.7. The van der Waals surface area contributed by atoms with Gasteiger partial charge in [0.05, 0.1) is 5.02 Å². The lowest BCUT2D eigenvalue weighted by Crippen LogP contribution is -2.05. The van der Waals surface area contributed by atoms with Crippen molar-refractivity contribution in [3.8, 4) is 0 Å². The van der Waals surface area contributed by atoms with E-state index in [1.165, 1.54) is 0 Å². The van der Waals surface area contributed by atoms with Crippen LogP contribution in [0, 0.1) is 0 Å². The number of nitrogens with zero attached hydrogens (tertiary/aromatic N) is 1. The third-order valence-corrected chi connectivity index (χ3v) is 3.49. The summed E-state index contributed by atoms with van der Waals surface area (Å²) in [6.45, 7) is 0.549. The highest BCUT2D eigenvalue weighted by atomic mass is 35.5. The molecular weight excluding hydrogens is 283 g/mol. The first kappa shape index (κ1) is 14.1. The predicted octanol–water partition coefficient (Wildman–Crippen LogP) is 3.06. The second kappa shape index (κ2) is 5.78. The topological polar surface area (TPSA) is 48.0 Å². The second-order valence-electron chi connectivity index (χ2n) is 4.32. The van der Waals surface area contributed by atoms with Crippen LogP contribution in [0.25, 0.3) is 0 Å². The molecule has 0 saturated carbocycles. The second-order valence-corrected chi connectivity index (χ2v) is 5.17. The molecule has 1 aromatic carbocycles. The number of hydrogen-bond acceptors (Lipinski definition) is 2. The van der Waals surface area contributed by atoms with E-state index in [0.29, 0.717) is 27.7 Å². The minimum absolute atomic E-state index is 0.111. The van der Waals surface area contributed by atoms with E-state index in [2.05, 4.69) is 0 Å². The number of nitrogens with two attached hydrogens (primary N) is 1. The van der Waals surface area contributed by atoms with Crippen molar-refractivity contribution in [2.45, 2.75) is 6.42 Å². The van der Waals surface area contributed by atoms with E-state index in [-0.39, 0.29) is 5.78 Å². The molecule has 0 aliphatic carbocycles. The zero-order valence-electron chi connectivity index (χ0n) is 10.5. The van der Waals surface area contributed by atoms with Crippen LogP contribution in [0.1, 0.15) is 21.6 Å². The molecular formula is C14H14Cl2N2O. The molecule has 2 N–H and O–H groups in total. The molecule has 0 atom stereocenters. The van der Waals surface area contributed by atoms with Gasteiger partial charge in [-0.05, 0) is 37.2 Å². The van der Waals surface area contributed by atoms with E-state index in [4.69, 9.17) is 28.9 Å². The zero-order valence-corrected chi connectivity index (χ0v) is 12.0. The Morgan fingerprint density at radius 1 is 1.32 bits per heavy atom.